The van der Waals surface area contributed by atoms with Gasteiger partial charge in [0, 0.05) is 5.75 Å². The second-order valence-corrected chi connectivity index (χ2v) is 6.12. The summed E-state index contributed by atoms with van der Waals surface area (Å²) in [5.41, 5.74) is 1.59. The Balaban J connectivity index is 1.78. The molecule has 96 valence electrons. The lowest BCUT2D eigenvalue weighted by Crippen LogP contribution is -2.25. The zero-order chi connectivity index (χ0) is 12.5. The van der Waals surface area contributed by atoms with Crippen molar-refractivity contribution in [1.82, 2.24) is 0 Å². The molecule has 1 aliphatic heterocycles. The third kappa shape index (κ3) is 2.39. The number of hydrogen-bond donors (Lipinski definition) is 1. The van der Waals surface area contributed by atoms with Crippen LogP contribution in [0.25, 0.3) is 0 Å². The minimum absolute atomic E-state index is 0.211. The molecule has 1 fully saturated rings. The van der Waals surface area contributed by atoms with E-state index < -0.39 is 0 Å². The van der Waals surface area contributed by atoms with Gasteiger partial charge in [0.05, 0.1) is 11.7 Å². The highest BCUT2D eigenvalue weighted by Gasteiger charge is 2.31. The molecule has 3 rings (SSSR count). The van der Waals surface area contributed by atoms with Crippen LogP contribution < -0.4 is 5.32 Å². The summed E-state index contributed by atoms with van der Waals surface area (Å²) in [4.78, 5) is 4.71. The summed E-state index contributed by atoms with van der Waals surface area (Å²) < 4.78 is 13.7. The van der Waals surface area contributed by atoms with Gasteiger partial charge in [0.15, 0.2) is 5.17 Å². The largest absolute Gasteiger partial charge is 0.333 e. The van der Waals surface area contributed by atoms with Crippen molar-refractivity contribution in [3.63, 3.8) is 0 Å². The summed E-state index contributed by atoms with van der Waals surface area (Å²) in [7, 11) is 0. The smallest absolute Gasteiger partial charge is 0.161 e. The van der Waals surface area contributed by atoms with Crippen LogP contribution in [0.5, 0.6) is 0 Å². The molecule has 0 amide bonds. The minimum Gasteiger partial charge on any atom is -0.333 e. The average Bonchev–Trinajstić information content (AvgIpc) is 2.81. The van der Waals surface area contributed by atoms with Gasteiger partial charge in [-0.05, 0) is 43.4 Å². The van der Waals surface area contributed by atoms with Crippen molar-refractivity contribution in [2.45, 2.75) is 32.2 Å². The highest BCUT2D eigenvalue weighted by Crippen LogP contribution is 2.35. The second kappa shape index (κ2) is 4.92. The first kappa shape index (κ1) is 12.0. The van der Waals surface area contributed by atoms with Crippen LogP contribution in [0.2, 0.25) is 0 Å². The molecule has 1 heterocycles. The highest BCUT2D eigenvalue weighted by atomic mass is 32.2. The van der Waals surface area contributed by atoms with Gasteiger partial charge in [-0.1, -0.05) is 24.2 Å². The third-order valence-corrected chi connectivity index (χ3v) is 4.78. The van der Waals surface area contributed by atoms with Crippen molar-refractivity contribution in [2.75, 3.05) is 11.1 Å². The normalized spacial score (nSPS) is 26.7. The number of anilines is 1. The number of aliphatic imine (C=N–C) groups is 1. The Hall–Kier alpha value is -1.03. The van der Waals surface area contributed by atoms with E-state index in [1.54, 1.807) is 17.8 Å². The van der Waals surface area contributed by atoms with Crippen LogP contribution in [0.1, 0.15) is 24.8 Å². The Kier molecular flexibility index (Phi) is 3.29. The van der Waals surface area contributed by atoms with Gasteiger partial charge in [-0.15, -0.1) is 0 Å². The first-order chi connectivity index (χ1) is 8.72. The Morgan fingerprint density at radius 3 is 3.17 bits per heavy atom. The molecular weight excluding hydrogens is 247 g/mol. The van der Waals surface area contributed by atoms with E-state index in [1.165, 1.54) is 25.3 Å². The molecule has 18 heavy (non-hydrogen) atoms. The molecule has 4 heteroatoms. The summed E-state index contributed by atoms with van der Waals surface area (Å²) in [6, 6.07) is 5.58. The lowest BCUT2D eigenvalue weighted by molar-refractivity contribution is 0.535. The molecule has 1 saturated carbocycles. The topological polar surface area (TPSA) is 24.4 Å². The number of benzene rings is 1. The number of aryl methyl sites for hydroxylation is 1. The quantitative estimate of drug-likeness (QED) is 0.834. The van der Waals surface area contributed by atoms with Crippen molar-refractivity contribution in [2.24, 2.45) is 10.9 Å². The average molecular weight is 264 g/mol. The number of hydrogen-bond acceptors (Lipinski definition) is 3. The van der Waals surface area contributed by atoms with Crippen molar-refractivity contribution in [3.8, 4) is 0 Å². The number of halogens is 1. The number of amidine groups is 1. The number of thioether (sulfide) groups is 1. The van der Waals surface area contributed by atoms with Crippen LogP contribution in [0, 0.1) is 18.7 Å². The van der Waals surface area contributed by atoms with Crippen LogP contribution in [-0.2, 0) is 0 Å². The van der Waals surface area contributed by atoms with Crippen LogP contribution in [0.3, 0.4) is 0 Å². The molecule has 2 unspecified atom stereocenters. The molecule has 2 atom stereocenters. The predicted molar refractivity (Wildman–Crippen MR) is 75.8 cm³/mol. The number of nitrogens with zero attached hydrogens (tertiary/aromatic N) is 1. The van der Waals surface area contributed by atoms with Crippen LogP contribution >= 0.6 is 11.8 Å². The standard InChI is InChI=1S/C14H17FN2S/c1-9-5-6-11(15)13(7-9)17-14-16-12-4-2-3-10(12)8-18-14/h5-7,10,12H,2-4,8H2,1H3,(H,16,17). The molecule has 2 nitrogen and oxygen atoms in total. The fourth-order valence-electron chi connectivity index (χ4n) is 2.67. The molecule has 0 radical (unpaired) electrons. The Bertz CT molecular complexity index is 487. The van der Waals surface area contributed by atoms with Crippen molar-refractivity contribution >= 4 is 22.6 Å². The Morgan fingerprint density at radius 1 is 1.39 bits per heavy atom. The lowest BCUT2D eigenvalue weighted by atomic mass is 10.1. The second-order valence-electron chi connectivity index (χ2n) is 5.11. The molecule has 0 saturated heterocycles. The van der Waals surface area contributed by atoms with E-state index in [9.17, 15) is 4.39 Å². The first-order valence-electron chi connectivity index (χ1n) is 6.46. The van der Waals surface area contributed by atoms with Gasteiger partial charge in [-0.2, -0.15) is 0 Å². The van der Waals surface area contributed by atoms with Crippen LogP contribution in [-0.4, -0.2) is 17.0 Å². The maximum absolute atomic E-state index is 13.7. The van der Waals surface area contributed by atoms with E-state index in [4.69, 9.17) is 4.99 Å². The van der Waals surface area contributed by atoms with Gasteiger partial charge in [0.25, 0.3) is 0 Å². The highest BCUT2D eigenvalue weighted by molar-refractivity contribution is 8.14. The summed E-state index contributed by atoms with van der Waals surface area (Å²) in [6.07, 6.45) is 3.77. The first-order valence-corrected chi connectivity index (χ1v) is 7.45. The van der Waals surface area contributed by atoms with E-state index in [0.717, 1.165) is 22.4 Å². The third-order valence-electron chi connectivity index (χ3n) is 3.70. The maximum atomic E-state index is 13.7. The molecule has 1 N–H and O–H groups in total. The molecule has 2 aliphatic rings. The van der Waals surface area contributed by atoms with Crippen molar-refractivity contribution < 1.29 is 4.39 Å². The monoisotopic (exact) mass is 264 g/mol. The molecule has 0 spiro atoms. The van der Waals surface area contributed by atoms with Gasteiger partial charge >= 0.3 is 0 Å². The predicted octanol–water partition coefficient (Wildman–Crippen LogP) is 3.82. The number of fused-ring (bicyclic) bond motifs is 1. The summed E-state index contributed by atoms with van der Waals surface area (Å²) in [6.45, 7) is 1.97. The van der Waals surface area contributed by atoms with Gasteiger partial charge in [0.1, 0.15) is 5.82 Å². The lowest BCUT2D eigenvalue weighted by Gasteiger charge is -2.23. The van der Waals surface area contributed by atoms with E-state index in [1.807, 2.05) is 13.0 Å². The number of rotatable bonds is 1. The summed E-state index contributed by atoms with van der Waals surface area (Å²) in [5, 5.41) is 4.02. The summed E-state index contributed by atoms with van der Waals surface area (Å²) >= 11 is 1.72. The van der Waals surface area contributed by atoms with Gasteiger partial charge in [0.2, 0.25) is 0 Å². The molecular formula is C14H17FN2S. The summed E-state index contributed by atoms with van der Waals surface area (Å²) in [5.74, 6) is 1.64. The molecule has 0 aromatic heterocycles. The Labute approximate surface area is 111 Å². The minimum atomic E-state index is -0.211. The number of nitrogens with one attached hydrogen (secondary N) is 1. The zero-order valence-corrected chi connectivity index (χ0v) is 11.3. The van der Waals surface area contributed by atoms with Gasteiger partial charge in [-0.3, -0.25) is 4.99 Å². The zero-order valence-electron chi connectivity index (χ0n) is 10.4. The molecule has 1 aromatic rings. The van der Waals surface area contributed by atoms with Gasteiger partial charge < -0.3 is 5.32 Å². The fraction of sp³-hybridized carbons (Fsp3) is 0.500. The van der Waals surface area contributed by atoms with E-state index in [0.29, 0.717) is 11.7 Å². The van der Waals surface area contributed by atoms with Crippen molar-refractivity contribution in [1.29, 1.82) is 0 Å². The fourth-order valence-corrected chi connectivity index (χ4v) is 3.83. The van der Waals surface area contributed by atoms with E-state index in [2.05, 4.69) is 5.32 Å². The molecule has 0 bridgehead atoms. The van der Waals surface area contributed by atoms with E-state index >= 15 is 0 Å². The maximum Gasteiger partial charge on any atom is 0.161 e. The Morgan fingerprint density at radius 2 is 2.28 bits per heavy atom. The van der Waals surface area contributed by atoms with Crippen LogP contribution in [0.4, 0.5) is 10.1 Å². The van der Waals surface area contributed by atoms with E-state index in [-0.39, 0.29) is 5.82 Å². The molecule has 1 aromatic carbocycles. The van der Waals surface area contributed by atoms with Crippen LogP contribution in [0.15, 0.2) is 23.2 Å². The molecule has 1 aliphatic carbocycles. The SMILES string of the molecule is Cc1ccc(F)c(NC2=NC3CCCC3CS2)c1. The van der Waals surface area contributed by atoms with Gasteiger partial charge in [-0.25, -0.2) is 4.39 Å². The van der Waals surface area contributed by atoms with Crippen molar-refractivity contribution in [3.05, 3.63) is 29.6 Å².